The highest BCUT2D eigenvalue weighted by Crippen LogP contribution is 2.47. The normalized spacial score (nSPS) is 18.3. The van der Waals surface area contributed by atoms with Gasteiger partial charge in [0.15, 0.2) is 0 Å². The monoisotopic (exact) mass is 448 g/mol. The Kier molecular flexibility index (Phi) is 6.96. The Labute approximate surface area is 195 Å². The van der Waals surface area contributed by atoms with Gasteiger partial charge in [-0.1, -0.05) is 24.3 Å². The van der Waals surface area contributed by atoms with Crippen molar-refractivity contribution in [2.75, 3.05) is 38.3 Å². The molecule has 1 aromatic heterocycles. The summed E-state index contributed by atoms with van der Waals surface area (Å²) in [6.45, 7) is 6.28. The number of aromatic nitrogens is 1. The minimum absolute atomic E-state index is 0.0240. The number of aliphatic hydroxyl groups is 1. The largest absolute Gasteiger partial charge is 0.392 e. The lowest BCUT2D eigenvalue weighted by atomic mass is 9.90. The van der Waals surface area contributed by atoms with E-state index in [2.05, 4.69) is 11.0 Å². The molecule has 0 spiro atoms. The number of piperazine rings is 1. The van der Waals surface area contributed by atoms with Crippen LogP contribution in [0.5, 0.6) is 0 Å². The van der Waals surface area contributed by atoms with Crippen molar-refractivity contribution in [1.29, 1.82) is 5.26 Å². The van der Waals surface area contributed by atoms with Gasteiger partial charge in [-0.25, -0.2) is 4.98 Å². The summed E-state index contributed by atoms with van der Waals surface area (Å²) < 4.78 is 5.06. The van der Waals surface area contributed by atoms with Gasteiger partial charge in [0.1, 0.15) is 11.9 Å². The maximum absolute atomic E-state index is 12.5. The molecule has 2 heterocycles. The van der Waals surface area contributed by atoms with Gasteiger partial charge in [0.2, 0.25) is 5.91 Å². The second kappa shape index (κ2) is 9.90. The molecule has 2 aromatic rings. The first-order valence-corrected chi connectivity index (χ1v) is 11.7. The number of carbonyl (C=O) groups excluding carboxylic acids is 1. The van der Waals surface area contributed by atoms with Crippen LogP contribution in [0, 0.1) is 18.3 Å². The number of nitrogens with zero attached hydrogens (tertiary/aromatic N) is 4. The highest BCUT2D eigenvalue weighted by molar-refractivity contribution is 5.79. The highest BCUT2D eigenvalue weighted by Gasteiger charge is 2.34. The van der Waals surface area contributed by atoms with Crippen LogP contribution >= 0.6 is 0 Å². The lowest BCUT2D eigenvalue weighted by Gasteiger charge is -2.41. The number of methoxy groups -OCH3 is 1. The molecule has 1 saturated heterocycles. The van der Waals surface area contributed by atoms with Crippen molar-refractivity contribution < 1.29 is 14.6 Å². The first-order valence-electron chi connectivity index (χ1n) is 11.7. The maximum Gasteiger partial charge on any atom is 0.225 e. The number of benzene rings is 1. The predicted octanol–water partition coefficient (Wildman–Crippen LogP) is 3.37. The van der Waals surface area contributed by atoms with Gasteiger partial charge in [0.05, 0.1) is 30.9 Å². The summed E-state index contributed by atoms with van der Waals surface area (Å²) in [5.41, 5.74) is 5.30. The van der Waals surface area contributed by atoms with E-state index < -0.39 is 0 Å². The lowest BCUT2D eigenvalue weighted by molar-refractivity contribution is -0.134. The molecule has 1 aliphatic carbocycles. The Morgan fingerprint density at radius 2 is 2.06 bits per heavy atom. The molecule has 1 N–H and O–H groups in total. The van der Waals surface area contributed by atoms with E-state index >= 15 is 0 Å². The van der Waals surface area contributed by atoms with Crippen molar-refractivity contribution in [3.05, 3.63) is 46.6 Å². The average Bonchev–Trinajstić information content (AvgIpc) is 3.67. The van der Waals surface area contributed by atoms with Crippen molar-refractivity contribution >= 4 is 11.7 Å². The Bertz CT molecular complexity index is 1070. The fourth-order valence-electron chi connectivity index (χ4n) is 4.82. The van der Waals surface area contributed by atoms with Crippen LogP contribution < -0.4 is 4.90 Å². The number of pyridine rings is 1. The van der Waals surface area contributed by atoms with Gasteiger partial charge in [-0.05, 0) is 43.4 Å². The molecule has 1 aromatic carbocycles. The highest BCUT2D eigenvalue weighted by atomic mass is 16.5. The Morgan fingerprint density at radius 3 is 2.70 bits per heavy atom. The average molecular weight is 449 g/mol. The zero-order chi connectivity index (χ0) is 23.5. The summed E-state index contributed by atoms with van der Waals surface area (Å²) in [5.74, 6) is 1.20. The zero-order valence-corrected chi connectivity index (χ0v) is 19.7. The van der Waals surface area contributed by atoms with Gasteiger partial charge in [0, 0.05) is 44.3 Å². The quantitative estimate of drug-likeness (QED) is 0.699. The third kappa shape index (κ3) is 4.59. The Morgan fingerprint density at radius 1 is 1.30 bits per heavy atom. The maximum atomic E-state index is 12.5. The fraction of sp³-hybridized carbons (Fsp3) is 0.500. The summed E-state index contributed by atoms with van der Waals surface area (Å²) in [6.07, 6.45) is 2.56. The second-order valence-corrected chi connectivity index (χ2v) is 9.02. The standard InChI is InChI=1S/C26H32N4O3/c1-17-15-29(11-12-30(17)23(32)10-13-33-3)26-22(14-27)18(2)24(25(28-26)19-8-9-19)21-7-5-4-6-20(21)16-31/h4-7,17,19,31H,8-13,15-16H2,1-3H3/t17-/m1/s1. The van der Waals surface area contributed by atoms with Crippen LogP contribution in [-0.2, 0) is 16.1 Å². The molecule has 1 atom stereocenters. The molecular weight excluding hydrogens is 416 g/mol. The van der Waals surface area contributed by atoms with Gasteiger partial charge in [0.25, 0.3) is 0 Å². The summed E-state index contributed by atoms with van der Waals surface area (Å²) in [6, 6.07) is 10.2. The number of hydrogen-bond acceptors (Lipinski definition) is 6. The predicted molar refractivity (Wildman–Crippen MR) is 127 cm³/mol. The van der Waals surface area contributed by atoms with Crippen LogP contribution in [0.2, 0.25) is 0 Å². The molecule has 174 valence electrons. The zero-order valence-electron chi connectivity index (χ0n) is 19.7. The topological polar surface area (TPSA) is 89.7 Å². The summed E-state index contributed by atoms with van der Waals surface area (Å²) in [7, 11) is 1.60. The first kappa shape index (κ1) is 23.2. The molecular formula is C26H32N4O3. The number of carbonyl (C=O) groups is 1. The molecule has 2 aliphatic rings. The van der Waals surface area contributed by atoms with Crippen LogP contribution in [0.25, 0.3) is 11.1 Å². The number of rotatable bonds is 7. The van der Waals surface area contributed by atoms with Crippen LogP contribution in [-0.4, -0.2) is 60.3 Å². The number of amides is 1. The molecule has 7 heteroatoms. The number of hydrogen-bond donors (Lipinski definition) is 1. The molecule has 1 saturated carbocycles. The van der Waals surface area contributed by atoms with E-state index in [0.29, 0.717) is 44.1 Å². The van der Waals surface area contributed by atoms with Crippen LogP contribution in [0.15, 0.2) is 24.3 Å². The second-order valence-electron chi connectivity index (χ2n) is 9.02. The minimum atomic E-state index is -0.0556. The number of anilines is 1. The van der Waals surface area contributed by atoms with E-state index in [-0.39, 0.29) is 18.6 Å². The summed E-state index contributed by atoms with van der Waals surface area (Å²) in [4.78, 5) is 21.7. The minimum Gasteiger partial charge on any atom is -0.392 e. The molecule has 7 nitrogen and oxygen atoms in total. The van der Waals surface area contributed by atoms with Gasteiger partial charge < -0.3 is 19.6 Å². The Balaban J connectivity index is 1.71. The van der Waals surface area contributed by atoms with Crippen LogP contribution in [0.4, 0.5) is 5.82 Å². The molecule has 33 heavy (non-hydrogen) atoms. The Hall–Kier alpha value is -2.95. The van der Waals surface area contributed by atoms with E-state index in [4.69, 9.17) is 9.72 Å². The molecule has 2 fully saturated rings. The van der Waals surface area contributed by atoms with Crippen molar-refractivity contribution in [3.63, 3.8) is 0 Å². The van der Waals surface area contributed by atoms with E-state index in [1.807, 2.05) is 43.0 Å². The smallest absolute Gasteiger partial charge is 0.225 e. The van der Waals surface area contributed by atoms with Crippen molar-refractivity contribution in [3.8, 4) is 17.2 Å². The molecule has 1 amide bonds. The van der Waals surface area contributed by atoms with Gasteiger partial charge in [-0.3, -0.25) is 4.79 Å². The third-order valence-corrected chi connectivity index (χ3v) is 6.76. The SMILES string of the molecule is COCCC(=O)N1CCN(c2nc(C3CC3)c(-c3ccccc3CO)c(C)c2C#N)C[C@H]1C. The van der Waals surface area contributed by atoms with Crippen LogP contribution in [0.3, 0.4) is 0 Å². The molecule has 0 bridgehead atoms. The molecule has 4 rings (SSSR count). The van der Waals surface area contributed by atoms with Gasteiger partial charge >= 0.3 is 0 Å². The third-order valence-electron chi connectivity index (χ3n) is 6.76. The van der Waals surface area contributed by atoms with E-state index in [1.165, 1.54) is 0 Å². The molecule has 1 aliphatic heterocycles. The number of ether oxygens (including phenoxy) is 1. The summed E-state index contributed by atoms with van der Waals surface area (Å²) in [5, 5.41) is 20.1. The van der Waals surface area contributed by atoms with Crippen molar-refractivity contribution in [1.82, 2.24) is 9.88 Å². The van der Waals surface area contributed by atoms with Crippen molar-refractivity contribution in [2.24, 2.45) is 0 Å². The van der Waals surface area contributed by atoms with Gasteiger partial charge in [-0.2, -0.15) is 5.26 Å². The van der Waals surface area contributed by atoms with Gasteiger partial charge in [-0.15, -0.1) is 0 Å². The van der Waals surface area contributed by atoms with E-state index in [9.17, 15) is 15.2 Å². The van der Waals surface area contributed by atoms with Crippen LogP contribution in [0.1, 0.15) is 54.5 Å². The molecule has 0 radical (unpaired) electrons. The molecule has 0 unspecified atom stereocenters. The fourth-order valence-corrected chi connectivity index (χ4v) is 4.82. The van der Waals surface area contributed by atoms with E-state index in [0.717, 1.165) is 46.6 Å². The van der Waals surface area contributed by atoms with E-state index in [1.54, 1.807) is 7.11 Å². The number of nitriles is 1. The first-order chi connectivity index (χ1) is 16.0. The number of aliphatic hydroxyl groups excluding tert-OH is 1. The summed E-state index contributed by atoms with van der Waals surface area (Å²) >= 11 is 0. The van der Waals surface area contributed by atoms with Crippen molar-refractivity contribution in [2.45, 2.75) is 51.7 Å². The lowest BCUT2D eigenvalue weighted by Crippen LogP contribution is -2.54.